The molecule has 0 saturated heterocycles. The number of hydrogen-bond acceptors (Lipinski definition) is 2. The lowest BCUT2D eigenvalue weighted by atomic mass is 10.1. The van der Waals surface area contributed by atoms with Crippen LogP contribution in [-0.4, -0.2) is 19.1 Å². The van der Waals surface area contributed by atoms with E-state index >= 15 is 0 Å². The van der Waals surface area contributed by atoms with Gasteiger partial charge in [0.2, 0.25) is 0 Å². The van der Waals surface area contributed by atoms with Gasteiger partial charge in [-0.3, -0.25) is 4.99 Å². The topological polar surface area (TPSA) is 36.8 Å². The minimum atomic E-state index is 0.828. The van der Waals surface area contributed by atoms with Gasteiger partial charge in [-0.05, 0) is 56.5 Å². The van der Waals surface area contributed by atoms with E-state index in [1.54, 1.807) is 13.2 Å². The molecule has 0 atom stereocenters. The predicted molar refractivity (Wildman–Crippen MR) is 119 cm³/mol. The molecule has 1 aromatic rings. The molecule has 3 heteroatoms. The summed E-state index contributed by atoms with van der Waals surface area (Å²) in [6.07, 6.45) is 11.8. The second kappa shape index (κ2) is 14.6. The average Bonchev–Trinajstić information content (AvgIpc) is 2.69. The van der Waals surface area contributed by atoms with Crippen LogP contribution in [0.5, 0.6) is 0 Å². The van der Waals surface area contributed by atoms with Crippen LogP contribution in [0.25, 0.3) is 0 Å². The fraction of sp³-hybridized carbons (Fsp3) is 0.304. The van der Waals surface area contributed by atoms with Gasteiger partial charge in [0, 0.05) is 25.1 Å². The Morgan fingerprint density at radius 1 is 0.962 bits per heavy atom. The first-order valence-electron chi connectivity index (χ1n) is 9.07. The van der Waals surface area contributed by atoms with E-state index in [2.05, 4.69) is 40.5 Å². The molecular weight excluding hydrogens is 318 g/mol. The van der Waals surface area contributed by atoms with E-state index in [1.807, 2.05) is 77.2 Å². The molecule has 0 radical (unpaired) electrons. The zero-order valence-electron chi connectivity index (χ0n) is 17.2. The summed E-state index contributed by atoms with van der Waals surface area (Å²) >= 11 is 0. The van der Waals surface area contributed by atoms with Crippen LogP contribution in [0.2, 0.25) is 0 Å². The highest BCUT2D eigenvalue weighted by Crippen LogP contribution is 2.11. The predicted octanol–water partition coefficient (Wildman–Crippen LogP) is 6.60. The number of nitrogens with zero attached hydrogens (tertiary/aromatic N) is 2. The standard InChI is InChI=1S/C21H27N3.C2H6/c1-6-15-23-21(24-20-11-9-8-10-12-20)18(4)14-13-17(3)19(7-2)16-22-5;1-2/h6-16H,1-5H3,(H,23,24);1-2H3/b15-6-,17-13+,18-14+,19-7+,22-16?;. The highest BCUT2D eigenvalue weighted by molar-refractivity contribution is 6.08. The zero-order valence-corrected chi connectivity index (χ0v) is 17.2. The van der Waals surface area contributed by atoms with Crippen molar-refractivity contribution in [1.29, 1.82) is 0 Å². The van der Waals surface area contributed by atoms with Crippen LogP contribution >= 0.6 is 0 Å². The number of hydrogen-bond donors (Lipinski definition) is 1. The molecule has 1 rings (SSSR count). The first-order valence-corrected chi connectivity index (χ1v) is 9.07. The molecular formula is C23H33N3. The first kappa shape index (κ1) is 23.3. The highest BCUT2D eigenvalue weighted by atomic mass is 15.0. The normalized spacial score (nSPS) is 13.8. The van der Waals surface area contributed by atoms with Crippen LogP contribution in [-0.2, 0) is 0 Å². The van der Waals surface area contributed by atoms with Gasteiger partial charge in [0.1, 0.15) is 5.84 Å². The van der Waals surface area contributed by atoms with E-state index in [0.717, 1.165) is 28.2 Å². The molecule has 0 unspecified atom stereocenters. The van der Waals surface area contributed by atoms with Gasteiger partial charge >= 0.3 is 0 Å². The van der Waals surface area contributed by atoms with Crippen molar-refractivity contribution in [2.75, 3.05) is 12.4 Å². The lowest BCUT2D eigenvalue weighted by Crippen LogP contribution is -2.13. The van der Waals surface area contributed by atoms with E-state index in [0.29, 0.717) is 0 Å². The van der Waals surface area contributed by atoms with Crippen LogP contribution in [0.15, 0.2) is 87.5 Å². The molecule has 0 aliphatic rings. The van der Waals surface area contributed by atoms with Gasteiger partial charge in [0.05, 0.1) is 0 Å². The summed E-state index contributed by atoms with van der Waals surface area (Å²) in [4.78, 5) is 8.59. The van der Waals surface area contributed by atoms with E-state index in [9.17, 15) is 0 Å². The summed E-state index contributed by atoms with van der Waals surface area (Å²) in [6.45, 7) is 12.1. The Morgan fingerprint density at radius 2 is 1.58 bits per heavy atom. The minimum Gasteiger partial charge on any atom is -0.340 e. The Bertz CT molecular complexity index is 687. The molecule has 0 amide bonds. The summed E-state index contributed by atoms with van der Waals surface area (Å²) < 4.78 is 0. The third-order valence-electron chi connectivity index (χ3n) is 3.38. The second-order valence-corrected chi connectivity index (χ2v) is 5.28. The summed E-state index contributed by atoms with van der Waals surface area (Å²) in [5, 5.41) is 3.37. The monoisotopic (exact) mass is 351 g/mol. The van der Waals surface area contributed by atoms with E-state index in [4.69, 9.17) is 0 Å². The number of rotatable bonds is 6. The number of aliphatic imine (C=N–C) groups is 2. The molecule has 3 nitrogen and oxygen atoms in total. The Morgan fingerprint density at radius 3 is 2.12 bits per heavy atom. The molecule has 0 spiro atoms. The summed E-state index contributed by atoms with van der Waals surface area (Å²) in [5.74, 6) is 0.828. The number of allylic oxidation sites excluding steroid dienone is 6. The van der Waals surface area contributed by atoms with Gasteiger partial charge < -0.3 is 5.32 Å². The van der Waals surface area contributed by atoms with Crippen molar-refractivity contribution in [3.8, 4) is 0 Å². The van der Waals surface area contributed by atoms with Crippen LogP contribution in [0.1, 0.15) is 41.5 Å². The average molecular weight is 352 g/mol. The van der Waals surface area contributed by atoms with Gasteiger partial charge in [-0.1, -0.05) is 56.4 Å². The Balaban J connectivity index is 0.00000301. The van der Waals surface area contributed by atoms with Gasteiger partial charge in [-0.2, -0.15) is 0 Å². The minimum absolute atomic E-state index is 0.828. The molecule has 0 aliphatic heterocycles. The van der Waals surface area contributed by atoms with Crippen molar-refractivity contribution >= 4 is 17.7 Å². The van der Waals surface area contributed by atoms with Crippen molar-refractivity contribution in [3.63, 3.8) is 0 Å². The molecule has 1 N–H and O–H groups in total. The summed E-state index contributed by atoms with van der Waals surface area (Å²) in [5.41, 5.74) is 4.35. The quantitative estimate of drug-likeness (QED) is 0.350. The van der Waals surface area contributed by atoms with E-state index in [1.165, 1.54) is 0 Å². The fourth-order valence-electron chi connectivity index (χ4n) is 2.01. The lowest BCUT2D eigenvalue weighted by Gasteiger charge is -2.09. The van der Waals surface area contributed by atoms with Crippen molar-refractivity contribution in [2.45, 2.75) is 41.5 Å². The lowest BCUT2D eigenvalue weighted by molar-refractivity contribution is 1.39. The molecule has 0 bridgehead atoms. The van der Waals surface area contributed by atoms with Crippen molar-refractivity contribution < 1.29 is 0 Å². The Hall–Kier alpha value is -2.68. The maximum Gasteiger partial charge on any atom is 0.133 e. The van der Waals surface area contributed by atoms with Crippen LogP contribution in [0.4, 0.5) is 5.69 Å². The Kier molecular flexibility index (Phi) is 13.1. The number of para-hydroxylation sites is 1. The fourth-order valence-corrected chi connectivity index (χ4v) is 2.01. The highest BCUT2D eigenvalue weighted by Gasteiger charge is 2.02. The third-order valence-corrected chi connectivity index (χ3v) is 3.38. The van der Waals surface area contributed by atoms with Crippen LogP contribution in [0, 0.1) is 0 Å². The molecule has 1 aromatic carbocycles. The second-order valence-electron chi connectivity index (χ2n) is 5.28. The largest absolute Gasteiger partial charge is 0.340 e. The van der Waals surface area contributed by atoms with Crippen molar-refractivity contribution in [2.24, 2.45) is 9.98 Å². The molecule has 26 heavy (non-hydrogen) atoms. The van der Waals surface area contributed by atoms with Gasteiger partial charge in [-0.25, -0.2) is 4.99 Å². The zero-order chi connectivity index (χ0) is 19.8. The third kappa shape index (κ3) is 8.97. The molecule has 0 aromatic heterocycles. The number of benzene rings is 1. The first-order chi connectivity index (χ1) is 12.6. The Labute approximate surface area is 159 Å². The van der Waals surface area contributed by atoms with Gasteiger partial charge in [-0.15, -0.1) is 0 Å². The molecule has 0 aliphatic carbocycles. The van der Waals surface area contributed by atoms with Crippen molar-refractivity contribution in [3.05, 3.63) is 77.6 Å². The number of nitrogens with one attached hydrogen (secondary N) is 1. The summed E-state index contributed by atoms with van der Waals surface area (Å²) in [7, 11) is 1.78. The smallest absolute Gasteiger partial charge is 0.133 e. The molecule has 0 heterocycles. The maximum atomic E-state index is 4.50. The summed E-state index contributed by atoms with van der Waals surface area (Å²) in [6, 6.07) is 10.0. The van der Waals surface area contributed by atoms with Crippen LogP contribution < -0.4 is 5.32 Å². The molecule has 0 saturated carbocycles. The molecule has 140 valence electrons. The van der Waals surface area contributed by atoms with E-state index < -0.39 is 0 Å². The van der Waals surface area contributed by atoms with Crippen molar-refractivity contribution in [1.82, 2.24) is 0 Å². The number of amidine groups is 1. The SMILES string of the molecule is CC.C\C=C/N=C(Nc1ccccc1)\C(C)=C\C=C(C)\C(C=NC)=C\C. The van der Waals surface area contributed by atoms with Gasteiger partial charge in [0.15, 0.2) is 0 Å². The van der Waals surface area contributed by atoms with E-state index in [-0.39, 0.29) is 0 Å². The van der Waals surface area contributed by atoms with Crippen LogP contribution in [0.3, 0.4) is 0 Å². The molecule has 0 fully saturated rings. The number of anilines is 1. The maximum absolute atomic E-state index is 4.50. The van der Waals surface area contributed by atoms with Gasteiger partial charge in [0.25, 0.3) is 0 Å².